The maximum atomic E-state index is 12.3. The van der Waals surface area contributed by atoms with Gasteiger partial charge in [0, 0.05) is 12.1 Å². The number of ether oxygens (including phenoxy) is 1. The Morgan fingerprint density at radius 1 is 1.43 bits per heavy atom. The first kappa shape index (κ1) is 15.7. The number of likely N-dealkylation sites (N-methyl/N-ethyl adjacent to an activating group) is 1. The summed E-state index contributed by atoms with van der Waals surface area (Å²) in [5.41, 5.74) is -0.193. The van der Waals surface area contributed by atoms with Gasteiger partial charge in [-0.05, 0) is 38.4 Å². The second-order valence-electron chi connectivity index (χ2n) is 5.94. The molecule has 0 aromatic carbocycles. The van der Waals surface area contributed by atoms with Crippen LogP contribution >= 0.6 is 0 Å². The summed E-state index contributed by atoms with van der Waals surface area (Å²) in [6.45, 7) is 3.37. The molecule has 1 unspecified atom stereocenters. The number of rotatable bonds is 4. The average Bonchev–Trinajstić information content (AvgIpc) is 2.52. The standard InChI is InChI=1S/C16H21N3O4/c1-3-10-8-12(20)23-15-13(10)14(21)17-16(18-15)22-9-11-6-4-5-7-19(11)2/h8,11H,3-7,9H2,1-2H3,(H,17,18,21). The number of hydrogen-bond acceptors (Lipinski definition) is 6. The molecule has 1 saturated heterocycles. The molecule has 0 spiro atoms. The summed E-state index contributed by atoms with van der Waals surface area (Å²) in [5.74, 6) is 0. The van der Waals surface area contributed by atoms with E-state index in [0.29, 0.717) is 30.0 Å². The summed E-state index contributed by atoms with van der Waals surface area (Å²) in [5, 5.41) is 0.314. The van der Waals surface area contributed by atoms with Gasteiger partial charge in [-0.25, -0.2) is 4.79 Å². The quantitative estimate of drug-likeness (QED) is 0.914. The van der Waals surface area contributed by atoms with Crippen LogP contribution in [0.1, 0.15) is 31.7 Å². The monoisotopic (exact) mass is 319 g/mol. The van der Waals surface area contributed by atoms with Gasteiger partial charge in [0.05, 0.1) is 0 Å². The highest BCUT2D eigenvalue weighted by atomic mass is 16.5. The molecule has 3 heterocycles. The van der Waals surface area contributed by atoms with Gasteiger partial charge in [0.1, 0.15) is 12.0 Å². The zero-order valence-corrected chi connectivity index (χ0v) is 13.4. The van der Waals surface area contributed by atoms with Crippen LogP contribution in [-0.2, 0) is 6.42 Å². The summed E-state index contributed by atoms with van der Waals surface area (Å²) >= 11 is 0. The van der Waals surface area contributed by atoms with Crippen LogP contribution in [0.4, 0.5) is 0 Å². The molecule has 0 amide bonds. The highest BCUT2D eigenvalue weighted by molar-refractivity contribution is 5.75. The van der Waals surface area contributed by atoms with E-state index in [1.165, 1.54) is 18.9 Å². The normalized spacial score (nSPS) is 19.1. The molecule has 7 nitrogen and oxygen atoms in total. The number of aromatic nitrogens is 2. The number of hydrogen-bond donors (Lipinski definition) is 1. The number of aryl methyl sites for hydroxylation is 1. The minimum Gasteiger partial charge on any atom is -0.463 e. The lowest BCUT2D eigenvalue weighted by molar-refractivity contribution is 0.119. The van der Waals surface area contributed by atoms with E-state index in [9.17, 15) is 9.59 Å². The van der Waals surface area contributed by atoms with Crippen LogP contribution in [0.3, 0.4) is 0 Å². The average molecular weight is 319 g/mol. The number of piperidine rings is 1. The number of H-pyrrole nitrogens is 1. The predicted molar refractivity (Wildman–Crippen MR) is 86.0 cm³/mol. The van der Waals surface area contributed by atoms with Crippen LogP contribution in [0.5, 0.6) is 6.01 Å². The van der Waals surface area contributed by atoms with Crippen molar-refractivity contribution >= 4 is 11.1 Å². The van der Waals surface area contributed by atoms with Crippen LogP contribution in [0.25, 0.3) is 11.1 Å². The van der Waals surface area contributed by atoms with Crippen molar-refractivity contribution in [2.45, 2.75) is 38.6 Å². The molecular weight excluding hydrogens is 298 g/mol. The summed E-state index contributed by atoms with van der Waals surface area (Å²) in [7, 11) is 2.07. The Kier molecular flexibility index (Phi) is 4.47. The molecule has 1 atom stereocenters. The molecule has 1 fully saturated rings. The van der Waals surface area contributed by atoms with Crippen molar-refractivity contribution in [1.29, 1.82) is 0 Å². The minimum absolute atomic E-state index is 0.0325. The highest BCUT2D eigenvalue weighted by Gasteiger charge is 2.20. The molecule has 124 valence electrons. The smallest absolute Gasteiger partial charge is 0.337 e. The number of nitrogens with zero attached hydrogens (tertiary/aromatic N) is 2. The van der Waals surface area contributed by atoms with Crippen molar-refractivity contribution in [1.82, 2.24) is 14.9 Å². The number of aromatic amines is 1. The number of fused-ring (bicyclic) bond motifs is 1. The van der Waals surface area contributed by atoms with Gasteiger partial charge in [-0.3, -0.25) is 9.78 Å². The fraction of sp³-hybridized carbons (Fsp3) is 0.562. The fourth-order valence-corrected chi connectivity index (χ4v) is 3.01. The van der Waals surface area contributed by atoms with Crippen LogP contribution < -0.4 is 15.9 Å². The van der Waals surface area contributed by atoms with Gasteiger partial charge in [-0.2, -0.15) is 4.98 Å². The van der Waals surface area contributed by atoms with Crippen molar-refractivity contribution in [3.8, 4) is 6.01 Å². The molecule has 0 radical (unpaired) electrons. The molecule has 1 N–H and O–H groups in total. The van der Waals surface area contributed by atoms with Gasteiger partial charge in [0.25, 0.3) is 11.6 Å². The Morgan fingerprint density at radius 2 is 2.26 bits per heavy atom. The second-order valence-corrected chi connectivity index (χ2v) is 5.94. The molecule has 2 aromatic heterocycles. The van der Waals surface area contributed by atoms with E-state index in [-0.39, 0.29) is 17.3 Å². The Morgan fingerprint density at radius 3 is 3.00 bits per heavy atom. The first-order chi connectivity index (χ1) is 11.1. The minimum atomic E-state index is -0.509. The molecule has 1 aliphatic rings. The maximum Gasteiger partial charge on any atom is 0.337 e. The second kappa shape index (κ2) is 6.54. The largest absolute Gasteiger partial charge is 0.463 e. The van der Waals surface area contributed by atoms with Crippen molar-refractivity contribution in [3.05, 3.63) is 32.4 Å². The van der Waals surface area contributed by atoms with Gasteiger partial charge < -0.3 is 14.1 Å². The zero-order chi connectivity index (χ0) is 16.4. The van der Waals surface area contributed by atoms with E-state index in [1.54, 1.807) is 0 Å². The topological polar surface area (TPSA) is 88.4 Å². The lowest BCUT2D eigenvalue weighted by Crippen LogP contribution is -2.40. The van der Waals surface area contributed by atoms with Crippen LogP contribution in [0, 0.1) is 0 Å². The number of nitrogens with one attached hydrogen (secondary N) is 1. The van der Waals surface area contributed by atoms with Gasteiger partial charge in [-0.15, -0.1) is 0 Å². The van der Waals surface area contributed by atoms with E-state index in [0.717, 1.165) is 13.0 Å². The molecule has 23 heavy (non-hydrogen) atoms. The Balaban J connectivity index is 1.87. The zero-order valence-electron chi connectivity index (χ0n) is 13.4. The Labute approximate surface area is 133 Å². The molecule has 0 saturated carbocycles. The first-order valence-electron chi connectivity index (χ1n) is 7.98. The summed E-state index contributed by atoms with van der Waals surface area (Å²) in [6, 6.07) is 1.73. The molecule has 1 aliphatic heterocycles. The van der Waals surface area contributed by atoms with E-state index in [4.69, 9.17) is 9.15 Å². The third kappa shape index (κ3) is 3.29. The predicted octanol–water partition coefficient (Wildman–Crippen LogP) is 1.30. The maximum absolute atomic E-state index is 12.3. The summed E-state index contributed by atoms with van der Waals surface area (Å²) < 4.78 is 10.7. The van der Waals surface area contributed by atoms with Crippen molar-refractivity contribution in [2.24, 2.45) is 0 Å². The fourth-order valence-electron chi connectivity index (χ4n) is 3.01. The molecule has 3 rings (SSSR count). The van der Waals surface area contributed by atoms with E-state index >= 15 is 0 Å². The van der Waals surface area contributed by atoms with Crippen molar-refractivity contribution in [3.63, 3.8) is 0 Å². The molecule has 0 bridgehead atoms. The first-order valence-corrected chi connectivity index (χ1v) is 7.98. The van der Waals surface area contributed by atoms with Crippen molar-refractivity contribution in [2.75, 3.05) is 20.2 Å². The molecular formula is C16H21N3O4. The Hall–Kier alpha value is -2.15. The van der Waals surface area contributed by atoms with E-state index in [1.807, 2.05) is 6.92 Å². The third-order valence-corrected chi connectivity index (χ3v) is 4.39. The molecule has 7 heteroatoms. The van der Waals surface area contributed by atoms with Crippen LogP contribution in [0.2, 0.25) is 0 Å². The van der Waals surface area contributed by atoms with Gasteiger partial charge in [0.2, 0.25) is 5.71 Å². The lowest BCUT2D eigenvalue weighted by atomic mass is 10.0. The summed E-state index contributed by atoms with van der Waals surface area (Å²) in [6.07, 6.45) is 3.99. The van der Waals surface area contributed by atoms with Gasteiger partial charge in [-0.1, -0.05) is 13.3 Å². The SMILES string of the molecule is CCc1cc(=O)oc2nc(OCC3CCCCN3C)[nH]c(=O)c12. The highest BCUT2D eigenvalue weighted by Crippen LogP contribution is 2.17. The van der Waals surface area contributed by atoms with Gasteiger partial charge >= 0.3 is 5.63 Å². The molecule has 0 aliphatic carbocycles. The van der Waals surface area contributed by atoms with Crippen molar-refractivity contribution < 1.29 is 9.15 Å². The lowest BCUT2D eigenvalue weighted by Gasteiger charge is -2.31. The van der Waals surface area contributed by atoms with Gasteiger partial charge in [0.15, 0.2) is 0 Å². The summed E-state index contributed by atoms with van der Waals surface area (Å²) in [4.78, 5) is 32.9. The van der Waals surface area contributed by atoms with E-state index < -0.39 is 5.63 Å². The third-order valence-electron chi connectivity index (χ3n) is 4.39. The Bertz CT molecular complexity index is 811. The van der Waals surface area contributed by atoms with Crippen LogP contribution in [-0.4, -0.2) is 41.1 Å². The number of likely N-dealkylation sites (tertiary alicyclic amines) is 1. The van der Waals surface area contributed by atoms with E-state index in [2.05, 4.69) is 21.9 Å². The van der Waals surface area contributed by atoms with Crippen LogP contribution in [0.15, 0.2) is 20.1 Å². The molecule has 2 aromatic rings.